The maximum absolute atomic E-state index is 5.58. The highest BCUT2D eigenvalue weighted by molar-refractivity contribution is 5.20. The summed E-state index contributed by atoms with van der Waals surface area (Å²) in [6, 6.07) is 10.7. The lowest BCUT2D eigenvalue weighted by Crippen LogP contribution is -2.25. The molecular formula is C11H13NO2. The van der Waals surface area contributed by atoms with Gasteiger partial charge in [-0.2, -0.15) is 5.48 Å². The zero-order valence-electron chi connectivity index (χ0n) is 7.85. The number of hydrogen-bond acceptors (Lipinski definition) is 3. The van der Waals surface area contributed by atoms with E-state index in [1.54, 1.807) is 0 Å². The van der Waals surface area contributed by atoms with Crippen LogP contribution in [0.2, 0.25) is 0 Å². The molecule has 0 saturated carbocycles. The second-order valence-electron chi connectivity index (χ2n) is 3.87. The van der Waals surface area contributed by atoms with Crippen molar-refractivity contribution in [2.45, 2.75) is 12.1 Å². The van der Waals surface area contributed by atoms with Crippen LogP contribution in [-0.4, -0.2) is 19.3 Å². The predicted molar refractivity (Wildman–Crippen MR) is 51.5 cm³/mol. The lowest BCUT2D eigenvalue weighted by molar-refractivity contribution is -0.00913. The summed E-state index contributed by atoms with van der Waals surface area (Å²) in [5.74, 6) is 0.470. The fourth-order valence-corrected chi connectivity index (χ4v) is 2.20. The molecule has 0 aromatic heterocycles. The lowest BCUT2D eigenvalue weighted by atomic mass is 9.93. The zero-order chi connectivity index (χ0) is 9.38. The van der Waals surface area contributed by atoms with E-state index in [-0.39, 0.29) is 6.10 Å². The van der Waals surface area contributed by atoms with Gasteiger partial charge in [0, 0.05) is 5.92 Å². The van der Waals surface area contributed by atoms with E-state index in [1.807, 2.05) is 18.2 Å². The largest absolute Gasteiger partial charge is 0.379 e. The molecule has 2 aliphatic heterocycles. The third-order valence-electron chi connectivity index (χ3n) is 2.99. The van der Waals surface area contributed by atoms with Gasteiger partial charge in [0.1, 0.15) is 6.10 Å². The second kappa shape index (κ2) is 3.35. The van der Waals surface area contributed by atoms with E-state index in [9.17, 15) is 0 Å². The first kappa shape index (κ1) is 8.41. The van der Waals surface area contributed by atoms with E-state index in [0.717, 1.165) is 13.2 Å². The monoisotopic (exact) mass is 191 g/mol. The predicted octanol–water partition coefficient (Wildman–Crippen LogP) is 1.28. The Balaban J connectivity index is 1.86. The molecule has 0 amide bonds. The molecule has 74 valence electrons. The minimum atomic E-state index is 0.156. The topological polar surface area (TPSA) is 30.5 Å². The Morgan fingerprint density at radius 1 is 1.14 bits per heavy atom. The minimum Gasteiger partial charge on any atom is -0.379 e. The van der Waals surface area contributed by atoms with Crippen LogP contribution in [0.4, 0.5) is 0 Å². The SMILES string of the molecule is c1ccc([C@H]2ON[C@@H]3COC[C@@H]23)cc1. The molecule has 0 radical (unpaired) electrons. The normalized spacial score (nSPS) is 35.9. The molecule has 1 N–H and O–H groups in total. The van der Waals surface area contributed by atoms with Gasteiger partial charge in [0.2, 0.25) is 0 Å². The average molecular weight is 191 g/mol. The van der Waals surface area contributed by atoms with E-state index in [2.05, 4.69) is 17.6 Å². The van der Waals surface area contributed by atoms with Gasteiger partial charge in [-0.1, -0.05) is 30.3 Å². The molecule has 1 aromatic rings. The van der Waals surface area contributed by atoms with Crippen LogP contribution in [0.1, 0.15) is 11.7 Å². The van der Waals surface area contributed by atoms with Gasteiger partial charge in [0.05, 0.1) is 19.3 Å². The summed E-state index contributed by atoms with van der Waals surface area (Å²) in [7, 11) is 0. The Bertz CT molecular complexity index is 314. The van der Waals surface area contributed by atoms with Crippen molar-refractivity contribution in [1.82, 2.24) is 5.48 Å². The van der Waals surface area contributed by atoms with Gasteiger partial charge in [-0.25, -0.2) is 0 Å². The zero-order valence-corrected chi connectivity index (χ0v) is 7.85. The Morgan fingerprint density at radius 2 is 2.00 bits per heavy atom. The fourth-order valence-electron chi connectivity index (χ4n) is 2.20. The number of benzene rings is 1. The molecule has 3 heteroatoms. The second-order valence-corrected chi connectivity index (χ2v) is 3.87. The molecule has 0 spiro atoms. The average Bonchev–Trinajstić information content (AvgIpc) is 2.79. The van der Waals surface area contributed by atoms with E-state index in [1.165, 1.54) is 5.56 Å². The van der Waals surface area contributed by atoms with Crippen LogP contribution in [-0.2, 0) is 9.57 Å². The Hall–Kier alpha value is -0.900. The highest BCUT2D eigenvalue weighted by atomic mass is 16.7. The Labute approximate surface area is 83.0 Å². The number of rotatable bonds is 1. The van der Waals surface area contributed by atoms with Crippen molar-refractivity contribution in [3.05, 3.63) is 35.9 Å². The van der Waals surface area contributed by atoms with Gasteiger partial charge in [-0.05, 0) is 5.56 Å². The smallest absolute Gasteiger partial charge is 0.111 e. The van der Waals surface area contributed by atoms with Gasteiger partial charge in [-0.15, -0.1) is 0 Å². The van der Waals surface area contributed by atoms with Crippen molar-refractivity contribution in [2.24, 2.45) is 5.92 Å². The number of hydrogen-bond donors (Lipinski definition) is 1. The van der Waals surface area contributed by atoms with E-state index in [4.69, 9.17) is 9.57 Å². The molecule has 2 aliphatic rings. The van der Waals surface area contributed by atoms with Crippen LogP contribution in [0.3, 0.4) is 0 Å². The van der Waals surface area contributed by atoms with Crippen molar-refractivity contribution in [3.8, 4) is 0 Å². The van der Waals surface area contributed by atoms with Crippen LogP contribution in [0.25, 0.3) is 0 Å². The number of fused-ring (bicyclic) bond motifs is 1. The number of hydroxylamine groups is 1. The molecule has 2 saturated heterocycles. The molecule has 0 aliphatic carbocycles. The van der Waals surface area contributed by atoms with Crippen LogP contribution in [0.5, 0.6) is 0 Å². The molecule has 3 atom stereocenters. The third-order valence-corrected chi connectivity index (χ3v) is 2.99. The first-order valence-electron chi connectivity index (χ1n) is 4.99. The van der Waals surface area contributed by atoms with Crippen molar-refractivity contribution in [2.75, 3.05) is 13.2 Å². The van der Waals surface area contributed by atoms with Gasteiger partial charge < -0.3 is 4.74 Å². The van der Waals surface area contributed by atoms with Gasteiger partial charge in [0.15, 0.2) is 0 Å². The molecule has 14 heavy (non-hydrogen) atoms. The van der Waals surface area contributed by atoms with Crippen molar-refractivity contribution in [1.29, 1.82) is 0 Å². The quantitative estimate of drug-likeness (QED) is 0.725. The molecule has 2 heterocycles. The first-order valence-corrected chi connectivity index (χ1v) is 4.99. The van der Waals surface area contributed by atoms with Crippen LogP contribution >= 0.6 is 0 Å². The summed E-state index contributed by atoms with van der Waals surface area (Å²) in [5.41, 5.74) is 4.28. The van der Waals surface area contributed by atoms with Crippen molar-refractivity contribution in [3.63, 3.8) is 0 Å². The van der Waals surface area contributed by atoms with Gasteiger partial charge >= 0.3 is 0 Å². The summed E-state index contributed by atoms with van der Waals surface area (Å²) in [4.78, 5) is 5.58. The molecule has 3 nitrogen and oxygen atoms in total. The van der Waals surface area contributed by atoms with Gasteiger partial charge in [0.25, 0.3) is 0 Å². The summed E-state index contributed by atoms with van der Waals surface area (Å²) in [5, 5.41) is 0. The maximum atomic E-state index is 5.58. The van der Waals surface area contributed by atoms with E-state index < -0.39 is 0 Å². The summed E-state index contributed by atoms with van der Waals surface area (Å²) in [6.45, 7) is 1.57. The molecule has 3 rings (SSSR count). The Morgan fingerprint density at radius 3 is 2.86 bits per heavy atom. The maximum Gasteiger partial charge on any atom is 0.111 e. The van der Waals surface area contributed by atoms with Gasteiger partial charge in [-0.3, -0.25) is 4.84 Å². The first-order chi connectivity index (χ1) is 6.95. The van der Waals surface area contributed by atoms with Crippen LogP contribution < -0.4 is 5.48 Å². The fraction of sp³-hybridized carbons (Fsp3) is 0.455. The highest BCUT2D eigenvalue weighted by Crippen LogP contribution is 2.36. The van der Waals surface area contributed by atoms with Crippen LogP contribution in [0, 0.1) is 5.92 Å². The molecule has 0 bridgehead atoms. The third kappa shape index (κ3) is 1.25. The highest BCUT2D eigenvalue weighted by Gasteiger charge is 2.42. The van der Waals surface area contributed by atoms with Crippen molar-refractivity contribution < 1.29 is 9.57 Å². The van der Waals surface area contributed by atoms with Crippen LogP contribution in [0.15, 0.2) is 30.3 Å². The molecular weight excluding hydrogens is 178 g/mol. The molecule has 0 unspecified atom stereocenters. The standard InChI is InChI=1S/C11H13NO2/c1-2-4-8(5-3-1)11-9-6-13-7-10(9)12-14-11/h1-5,9-12H,6-7H2/t9-,10-,11-/m1/s1. The lowest BCUT2D eigenvalue weighted by Gasteiger charge is -2.14. The minimum absolute atomic E-state index is 0.156. The molecule has 1 aromatic carbocycles. The number of ether oxygens (including phenoxy) is 1. The van der Waals surface area contributed by atoms with Crippen molar-refractivity contribution >= 4 is 0 Å². The number of nitrogens with one attached hydrogen (secondary N) is 1. The Kier molecular flexibility index (Phi) is 2.01. The molecule has 2 fully saturated rings. The van der Waals surface area contributed by atoms with E-state index >= 15 is 0 Å². The summed E-state index contributed by atoms with van der Waals surface area (Å²) in [6.07, 6.45) is 0.156. The summed E-state index contributed by atoms with van der Waals surface area (Å²) < 4.78 is 5.42. The summed E-state index contributed by atoms with van der Waals surface area (Å²) >= 11 is 0. The van der Waals surface area contributed by atoms with E-state index in [0.29, 0.717) is 12.0 Å².